The van der Waals surface area contributed by atoms with Gasteiger partial charge in [0.1, 0.15) is 5.75 Å². The van der Waals surface area contributed by atoms with Crippen LogP contribution < -0.4 is 0 Å². The molecule has 0 bridgehead atoms. The van der Waals surface area contributed by atoms with Crippen LogP contribution in [-0.4, -0.2) is 107 Å². The maximum absolute atomic E-state index is 13.9. The predicted octanol–water partition coefficient (Wildman–Crippen LogP) is 4.49. The Labute approximate surface area is 268 Å². The van der Waals surface area contributed by atoms with E-state index in [4.69, 9.17) is 5.10 Å². The number of carbonyl (C=O) groups excluding carboxylic acids is 2. The third kappa shape index (κ3) is 5.24. The summed E-state index contributed by atoms with van der Waals surface area (Å²) in [4.78, 5) is 37.4. The molecule has 1 N–H and O–H groups in total. The average Bonchev–Trinajstić information content (AvgIpc) is 3.69. The Kier molecular flexibility index (Phi) is 7.75. The lowest BCUT2D eigenvalue weighted by Crippen LogP contribution is -2.51. The van der Waals surface area contributed by atoms with Gasteiger partial charge >= 0.3 is 0 Å². The molecule has 4 heterocycles. The molecule has 45 heavy (non-hydrogen) atoms. The van der Waals surface area contributed by atoms with Crippen molar-refractivity contribution in [2.45, 2.75) is 31.2 Å². The van der Waals surface area contributed by atoms with Gasteiger partial charge < -0.3 is 19.8 Å². The molecule has 0 atom stereocenters. The second kappa shape index (κ2) is 11.7. The van der Waals surface area contributed by atoms with E-state index in [2.05, 4.69) is 48.5 Å². The molecule has 234 valence electrons. The number of phenols is 1. The van der Waals surface area contributed by atoms with Gasteiger partial charge in [0, 0.05) is 66.4 Å². The van der Waals surface area contributed by atoms with Gasteiger partial charge in [0.15, 0.2) is 5.69 Å². The Bertz CT molecular complexity index is 1740. The predicted molar refractivity (Wildman–Crippen MR) is 176 cm³/mol. The number of hydrogen-bond donors (Lipinski definition) is 1. The number of piperazine rings is 1. The summed E-state index contributed by atoms with van der Waals surface area (Å²) in [6, 6.07) is 17.3. The molecule has 10 heteroatoms. The number of hydrogen-bond acceptors (Lipinski definition) is 7. The van der Waals surface area contributed by atoms with Crippen molar-refractivity contribution >= 4 is 23.2 Å². The summed E-state index contributed by atoms with van der Waals surface area (Å²) in [6.45, 7) is 4.31. The number of rotatable bonds is 5. The van der Waals surface area contributed by atoms with Gasteiger partial charge in [-0.05, 0) is 94.2 Å². The van der Waals surface area contributed by atoms with Gasteiger partial charge in [0.25, 0.3) is 11.8 Å². The smallest absolute Gasteiger partial charge is 0.274 e. The van der Waals surface area contributed by atoms with Crippen LogP contribution in [0.2, 0.25) is 0 Å². The monoisotopic (exact) mass is 624 g/mol. The number of carbonyl (C=O) groups is 2. The number of likely N-dealkylation sites (tertiary alicyclic amines) is 1. The number of likely N-dealkylation sites (N-methyl/N-ethyl adjacent to an activating group) is 1. The van der Waals surface area contributed by atoms with Crippen LogP contribution in [0.4, 0.5) is 0 Å². The van der Waals surface area contributed by atoms with Crippen molar-refractivity contribution in [2.24, 2.45) is 0 Å². The van der Waals surface area contributed by atoms with Crippen LogP contribution in [0.3, 0.4) is 0 Å². The van der Waals surface area contributed by atoms with E-state index in [0.29, 0.717) is 37.4 Å². The first kappa shape index (κ1) is 29.7. The Morgan fingerprint density at radius 2 is 1.62 bits per heavy atom. The lowest BCUT2D eigenvalue weighted by Gasteiger charge is -2.46. The first-order valence-electron chi connectivity index (χ1n) is 15.8. The van der Waals surface area contributed by atoms with Crippen LogP contribution in [0, 0.1) is 0 Å². The van der Waals surface area contributed by atoms with Gasteiger partial charge in [0.05, 0.1) is 11.4 Å². The molecule has 1 aliphatic carbocycles. The van der Waals surface area contributed by atoms with Crippen molar-refractivity contribution in [3.05, 3.63) is 87.2 Å². The van der Waals surface area contributed by atoms with Gasteiger partial charge in [-0.1, -0.05) is 18.2 Å². The quantitative estimate of drug-likeness (QED) is 0.353. The largest absolute Gasteiger partial charge is 0.508 e. The fourth-order valence-electron chi connectivity index (χ4n) is 7.29. The molecule has 0 spiro atoms. The molecule has 3 aliphatic rings. The SMILES string of the molecule is CN1CCN(C(=O)c2nn(-c3cccc(C(=O)N4CCC(c5cccc(O)c5)(N(C)C)CC4)c3)c3c2CCc2sccc2-3)CC1. The topological polar surface area (TPSA) is 85.1 Å². The minimum absolute atomic E-state index is 0.00608. The molecule has 0 radical (unpaired) electrons. The zero-order valence-electron chi connectivity index (χ0n) is 26.2. The molecule has 4 aromatic rings. The maximum atomic E-state index is 13.9. The van der Waals surface area contributed by atoms with Crippen molar-refractivity contribution in [3.63, 3.8) is 0 Å². The normalized spacial score (nSPS) is 18.1. The van der Waals surface area contributed by atoms with E-state index in [1.165, 1.54) is 4.88 Å². The number of phenolic OH excluding ortho intramolecular Hbond substituents is 1. The maximum Gasteiger partial charge on any atom is 0.274 e. The van der Waals surface area contributed by atoms with E-state index < -0.39 is 0 Å². The lowest BCUT2D eigenvalue weighted by atomic mass is 9.79. The number of thiophene rings is 1. The molecular formula is C35H40N6O3S. The highest BCUT2D eigenvalue weighted by Gasteiger charge is 2.40. The van der Waals surface area contributed by atoms with Gasteiger partial charge in [-0.25, -0.2) is 4.68 Å². The number of aryl methyl sites for hydroxylation is 1. The second-order valence-corrected chi connectivity index (χ2v) is 13.8. The molecule has 7 rings (SSSR count). The van der Waals surface area contributed by atoms with Crippen LogP contribution in [0.5, 0.6) is 5.75 Å². The summed E-state index contributed by atoms with van der Waals surface area (Å²) < 4.78 is 1.90. The van der Waals surface area contributed by atoms with E-state index >= 15 is 0 Å². The van der Waals surface area contributed by atoms with E-state index in [9.17, 15) is 14.7 Å². The van der Waals surface area contributed by atoms with Crippen LogP contribution in [0.25, 0.3) is 16.9 Å². The molecule has 0 unspecified atom stereocenters. The first-order valence-corrected chi connectivity index (χ1v) is 16.7. The van der Waals surface area contributed by atoms with E-state index in [-0.39, 0.29) is 23.1 Å². The molecule has 2 fully saturated rings. The fraction of sp³-hybridized carbons (Fsp3) is 0.400. The van der Waals surface area contributed by atoms with Gasteiger partial charge in [-0.2, -0.15) is 5.10 Å². The van der Waals surface area contributed by atoms with E-state index in [1.807, 2.05) is 50.9 Å². The first-order chi connectivity index (χ1) is 21.7. The Hall–Kier alpha value is -3.99. The highest BCUT2D eigenvalue weighted by molar-refractivity contribution is 7.10. The van der Waals surface area contributed by atoms with Crippen molar-refractivity contribution < 1.29 is 14.7 Å². The summed E-state index contributed by atoms with van der Waals surface area (Å²) in [5.41, 5.74) is 5.85. The molecule has 2 aromatic heterocycles. The number of nitrogens with zero attached hydrogens (tertiary/aromatic N) is 6. The van der Waals surface area contributed by atoms with E-state index in [1.54, 1.807) is 17.4 Å². The summed E-state index contributed by atoms with van der Waals surface area (Å²) in [6.07, 6.45) is 3.20. The Morgan fingerprint density at radius 1 is 0.889 bits per heavy atom. The molecule has 0 saturated carbocycles. The molecule has 2 aliphatic heterocycles. The van der Waals surface area contributed by atoms with Crippen LogP contribution >= 0.6 is 11.3 Å². The molecule has 2 aromatic carbocycles. The van der Waals surface area contributed by atoms with Gasteiger partial charge in [0.2, 0.25) is 0 Å². The summed E-state index contributed by atoms with van der Waals surface area (Å²) in [5, 5.41) is 17.3. The van der Waals surface area contributed by atoms with Crippen molar-refractivity contribution in [1.29, 1.82) is 0 Å². The minimum Gasteiger partial charge on any atom is -0.508 e. The molecule has 2 saturated heterocycles. The zero-order valence-corrected chi connectivity index (χ0v) is 27.0. The van der Waals surface area contributed by atoms with Gasteiger partial charge in [-0.3, -0.25) is 14.5 Å². The number of fused-ring (bicyclic) bond motifs is 3. The average molecular weight is 625 g/mol. The number of benzene rings is 2. The van der Waals surface area contributed by atoms with Crippen molar-refractivity contribution in [2.75, 3.05) is 60.4 Å². The standard InChI is InChI=1S/C35H40N6O3S/c1-37(2)35(25-7-5-9-27(42)23-25)13-15-39(16-14-35)33(43)24-6-4-8-26(22-24)41-32-28-12-21-45-30(28)11-10-29(32)31(36-41)34(44)40-19-17-38(3)18-20-40/h4-9,12,21-23,42H,10-11,13-20H2,1-3H3. The molecule has 9 nitrogen and oxygen atoms in total. The van der Waals surface area contributed by atoms with Gasteiger partial charge in [-0.15, -0.1) is 11.3 Å². The fourth-order valence-corrected chi connectivity index (χ4v) is 8.17. The van der Waals surface area contributed by atoms with Crippen molar-refractivity contribution in [3.8, 4) is 22.7 Å². The van der Waals surface area contributed by atoms with Crippen LogP contribution in [0.15, 0.2) is 60.0 Å². The van der Waals surface area contributed by atoms with Crippen LogP contribution in [0.1, 0.15) is 49.7 Å². The van der Waals surface area contributed by atoms with E-state index in [0.717, 1.165) is 66.8 Å². The van der Waals surface area contributed by atoms with Crippen LogP contribution in [-0.2, 0) is 18.4 Å². The Balaban J connectivity index is 1.18. The molecular weight excluding hydrogens is 584 g/mol. The lowest BCUT2D eigenvalue weighted by molar-refractivity contribution is 0.0410. The third-order valence-electron chi connectivity index (χ3n) is 10.0. The third-order valence-corrected chi connectivity index (χ3v) is 11.0. The summed E-state index contributed by atoms with van der Waals surface area (Å²) >= 11 is 1.75. The number of piperidine rings is 1. The summed E-state index contributed by atoms with van der Waals surface area (Å²) in [5.74, 6) is 0.243. The second-order valence-electron chi connectivity index (χ2n) is 12.8. The van der Waals surface area contributed by atoms with Crippen molar-refractivity contribution in [1.82, 2.24) is 29.4 Å². The number of amides is 2. The summed E-state index contributed by atoms with van der Waals surface area (Å²) in [7, 11) is 6.22. The Morgan fingerprint density at radius 3 is 2.36 bits per heavy atom. The number of aromatic hydroxyl groups is 1. The highest BCUT2D eigenvalue weighted by Crippen LogP contribution is 2.41. The highest BCUT2D eigenvalue weighted by atomic mass is 32.1. The number of aromatic nitrogens is 2. The zero-order chi connectivity index (χ0) is 31.3. The minimum atomic E-state index is -0.254. The molecule has 2 amide bonds.